The normalized spacial score (nSPS) is 13.3. The lowest BCUT2D eigenvalue weighted by Crippen LogP contribution is -2.25. The van der Waals surface area contributed by atoms with Crippen LogP contribution in [0.15, 0.2) is 146 Å². The molecule has 1 aliphatic rings. The molecule has 0 heteroatoms. The van der Waals surface area contributed by atoms with Crippen LogP contribution in [0.4, 0.5) is 0 Å². The molecule has 0 bridgehead atoms. The lowest BCUT2D eigenvalue weighted by atomic mass is 9.70. The molecule has 0 N–H and O–H groups in total. The Labute approximate surface area is 345 Å². The summed E-state index contributed by atoms with van der Waals surface area (Å²) in [4.78, 5) is 0. The molecule has 7 rings (SSSR count). The average Bonchev–Trinajstić information content (AvgIpc) is 3.51. The number of benzene rings is 6. The topological polar surface area (TPSA) is 0 Å². The Kier molecular flexibility index (Phi) is 13.8. The minimum Gasteiger partial charge on any atom is -0.0654 e. The number of unbranched alkanes of at least 4 members (excludes halogenated alkanes) is 10. The van der Waals surface area contributed by atoms with Crippen molar-refractivity contribution in [3.63, 3.8) is 0 Å². The predicted octanol–water partition coefficient (Wildman–Crippen LogP) is 16.7. The van der Waals surface area contributed by atoms with Gasteiger partial charge in [-0.2, -0.15) is 0 Å². The highest BCUT2D eigenvalue weighted by Gasteiger charge is 2.42. The van der Waals surface area contributed by atoms with E-state index in [9.17, 15) is 0 Å². The zero-order chi connectivity index (χ0) is 39.5. The molecule has 57 heavy (non-hydrogen) atoms. The lowest BCUT2D eigenvalue weighted by molar-refractivity contribution is 0.398. The number of fused-ring (bicyclic) bond motifs is 3. The van der Waals surface area contributed by atoms with Crippen molar-refractivity contribution in [3.8, 4) is 22.3 Å². The van der Waals surface area contributed by atoms with Gasteiger partial charge in [-0.25, -0.2) is 0 Å². The van der Waals surface area contributed by atoms with Crippen molar-refractivity contribution in [1.29, 1.82) is 0 Å². The molecule has 6 aromatic rings. The molecule has 0 saturated carbocycles. The number of hydrogen-bond donors (Lipinski definition) is 0. The van der Waals surface area contributed by atoms with Crippen molar-refractivity contribution in [1.82, 2.24) is 0 Å². The predicted molar refractivity (Wildman–Crippen MR) is 248 cm³/mol. The second-order valence-electron chi connectivity index (χ2n) is 16.9. The first kappa shape index (κ1) is 40.3. The standard InChI is InChI=1S/C57H64/c1-5-7-9-11-13-21-39-57(40-22-14-12-10-8-6-2)53-41-44(4)29-37-51(53)52-38-36-50(42-54(52)57)45-32-34-49(35-33-45)56(47-25-19-16-20-26-47)55(46-23-17-15-18-24-46)48-30-27-43(3)28-31-48/h15-20,23-38,41-42H,5-14,21-22,39-40H2,1-4H3. The SMILES string of the molecule is CCCCCCCCC1(CCCCCCCC)c2cc(C)ccc2-c2ccc(-c3ccc(C(=C(c4ccccc4)c4ccc(C)cc4)c4ccccc4)cc3)cc21. The van der Waals surface area contributed by atoms with Gasteiger partial charge >= 0.3 is 0 Å². The van der Waals surface area contributed by atoms with E-state index >= 15 is 0 Å². The van der Waals surface area contributed by atoms with Gasteiger partial charge in [0.15, 0.2) is 0 Å². The Hall–Kier alpha value is -4.94. The summed E-state index contributed by atoms with van der Waals surface area (Å²) in [5, 5.41) is 0. The molecule has 0 atom stereocenters. The summed E-state index contributed by atoms with van der Waals surface area (Å²) in [6.07, 6.45) is 18.5. The number of rotatable bonds is 19. The molecule has 0 unspecified atom stereocenters. The van der Waals surface area contributed by atoms with Gasteiger partial charge in [-0.05, 0) is 99.5 Å². The fraction of sp³-hybridized carbons (Fsp3) is 0.333. The van der Waals surface area contributed by atoms with Gasteiger partial charge in [0.25, 0.3) is 0 Å². The van der Waals surface area contributed by atoms with Crippen molar-refractivity contribution in [2.75, 3.05) is 0 Å². The van der Waals surface area contributed by atoms with Crippen molar-refractivity contribution in [2.45, 2.75) is 123 Å². The fourth-order valence-corrected chi connectivity index (χ4v) is 9.54. The third kappa shape index (κ3) is 9.28. The Morgan fingerprint density at radius 1 is 0.368 bits per heavy atom. The van der Waals surface area contributed by atoms with Crippen molar-refractivity contribution in [3.05, 3.63) is 190 Å². The first-order chi connectivity index (χ1) is 28.0. The van der Waals surface area contributed by atoms with E-state index < -0.39 is 0 Å². The van der Waals surface area contributed by atoms with Gasteiger partial charge in [0, 0.05) is 5.41 Å². The molecule has 6 aromatic carbocycles. The summed E-state index contributed by atoms with van der Waals surface area (Å²) in [5.74, 6) is 0. The molecule has 0 radical (unpaired) electrons. The van der Waals surface area contributed by atoms with Crippen LogP contribution >= 0.6 is 0 Å². The Bertz CT molecular complexity index is 2180. The van der Waals surface area contributed by atoms with Crippen molar-refractivity contribution < 1.29 is 0 Å². The smallest absolute Gasteiger partial charge is 0.0215 e. The first-order valence-corrected chi connectivity index (χ1v) is 22.3. The monoisotopic (exact) mass is 749 g/mol. The summed E-state index contributed by atoms with van der Waals surface area (Å²) >= 11 is 0. The van der Waals surface area contributed by atoms with Crippen LogP contribution in [-0.2, 0) is 5.41 Å². The molecule has 0 aliphatic heterocycles. The van der Waals surface area contributed by atoms with E-state index in [4.69, 9.17) is 0 Å². The fourth-order valence-electron chi connectivity index (χ4n) is 9.54. The highest BCUT2D eigenvalue weighted by molar-refractivity contribution is 6.04. The summed E-state index contributed by atoms with van der Waals surface area (Å²) in [7, 11) is 0. The largest absolute Gasteiger partial charge is 0.0654 e. The lowest BCUT2D eigenvalue weighted by Gasteiger charge is -2.33. The molecule has 1 aliphatic carbocycles. The minimum absolute atomic E-state index is 0.0734. The minimum atomic E-state index is 0.0734. The zero-order valence-corrected chi connectivity index (χ0v) is 35.3. The Balaban J connectivity index is 1.29. The quantitative estimate of drug-likeness (QED) is 0.0572. The van der Waals surface area contributed by atoms with Crippen LogP contribution in [0.1, 0.15) is 148 Å². The third-order valence-corrected chi connectivity index (χ3v) is 12.7. The van der Waals surface area contributed by atoms with E-state index in [1.54, 1.807) is 11.1 Å². The van der Waals surface area contributed by atoms with Gasteiger partial charge in [-0.3, -0.25) is 0 Å². The maximum absolute atomic E-state index is 2.60. The molecule has 0 nitrogen and oxygen atoms in total. The Morgan fingerprint density at radius 2 is 0.772 bits per heavy atom. The van der Waals surface area contributed by atoms with Crippen LogP contribution in [0.25, 0.3) is 33.4 Å². The maximum atomic E-state index is 2.60. The van der Waals surface area contributed by atoms with Gasteiger partial charge in [-0.15, -0.1) is 0 Å². The second kappa shape index (κ2) is 19.5. The first-order valence-electron chi connectivity index (χ1n) is 22.3. The van der Waals surface area contributed by atoms with Crippen molar-refractivity contribution >= 4 is 11.1 Å². The summed E-state index contributed by atoms with van der Waals surface area (Å²) in [6, 6.07) is 55.1. The van der Waals surface area contributed by atoms with Gasteiger partial charge in [0.05, 0.1) is 0 Å². The molecule has 0 amide bonds. The molecule has 0 aromatic heterocycles. The van der Waals surface area contributed by atoms with E-state index in [0.717, 1.165) is 0 Å². The van der Waals surface area contributed by atoms with Crippen LogP contribution in [0.2, 0.25) is 0 Å². The summed E-state index contributed by atoms with van der Waals surface area (Å²) in [5.41, 5.74) is 18.9. The van der Waals surface area contributed by atoms with E-state index in [-0.39, 0.29) is 5.41 Å². The Morgan fingerprint density at radius 3 is 1.30 bits per heavy atom. The van der Waals surface area contributed by atoms with Gasteiger partial charge < -0.3 is 0 Å². The van der Waals surface area contributed by atoms with E-state index in [1.165, 1.54) is 157 Å². The highest BCUT2D eigenvalue weighted by Crippen LogP contribution is 2.55. The molecule has 0 spiro atoms. The summed E-state index contributed by atoms with van der Waals surface area (Å²) < 4.78 is 0. The van der Waals surface area contributed by atoms with Crippen LogP contribution in [0.5, 0.6) is 0 Å². The van der Waals surface area contributed by atoms with Gasteiger partial charge in [0.1, 0.15) is 0 Å². The number of aryl methyl sites for hydroxylation is 2. The molecule has 0 saturated heterocycles. The third-order valence-electron chi connectivity index (χ3n) is 12.7. The molecule has 0 fully saturated rings. The van der Waals surface area contributed by atoms with E-state index in [0.29, 0.717) is 0 Å². The molecular formula is C57H64. The van der Waals surface area contributed by atoms with Crippen LogP contribution in [-0.4, -0.2) is 0 Å². The van der Waals surface area contributed by atoms with E-state index in [1.807, 2.05) is 0 Å². The summed E-state index contributed by atoms with van der Waals surface area (Å²) in [6.45, 7) is 9.10. The molecular weight excluding hydrogens is 685 g/mol. The molecule has 292 valence electrons. The number of hydrogen-bond acceptors (Lipinski definition) is 0. The average molecular weight is 749 g/mol. The molecule has 0 heterocycles. The van der Waals surface area contributed by atoms with E-state index in [2.05, 4.69) is 173 Å². The van der Waals surface area contributed by atoms with Gasteiger partial charge in [-0.1, -0.05) is 242 Å². The van der Waals surface area contributed by atoms with Crippen LogP contribution in [0.3, 0.4) is 0 Å². The van der Waals surface area contributed by atoms with Gasteiger partial charge in [0.2, 0.25) is 0 Å². The highest BCUT2D eigenvalue weighted by atomic mass is 14.4. The maximum Gasteiger partial charge on any atom is 0.0215 e. The van der Waals surface area contributed by atoms with Crippen LogP contribution in [0, 0.1) is 13.8 Å². The zero-order valence-electron chi connectivity index (χ0n) is 35.3. The van der Waals surface area contributed by atoms with Crippen molar-refractivity contribution in [2.24, 2.45) is 0 Å². The second-order valence-corrected chi connectivity index (χ2v) is 16.9. The van der Waals surface area contributed by atoms with Crippen LogP contribution < -0.4 is 0 Å².